The quantitative estimate of drug-likeness (QED) is 0.118. The Morgan fingerprint density at radius 1 is 0.870 bits per heavy atom. The van der Waals surface area contributed by atoms with Crippen molar-refractivity contribution in [2.75, 3.05) is 44.9 Å². The number of nitrogens with zero attached hydrogens (tertiary/aromatic N) is 1. The largest absolute Gasteiger partial charge is 0.508 e. The SMILES string of the molecule is CN(CCCCOc1ccc(C2c3ccc(O)cc3OCC2(C)c2ccc(O)cc2)cc1)CCCSCCCC(F)(F)C(F)(F)F. The summed E-state index contributed by atoms with van der Waals surface area (Å²) in [6.45, 7) is 4.81. The molecule has 252 valence electrons. The number of aromatic hydroxyl groups is 2. The van der Waals surface area contributed by atoms with Crippen LogP contribution < -0.4 is 9.47 Å². The fraction of sp³-hybridized carbons (Fsp3) is 0.486. The number of hydrogen-bond acceptors (Lipinski definition) is 6. The molecule has 0 aromatic heterocycles. The monoisotopic (exact) mass is 667 g/mol. The second-order valence-corrected chi connectivity index (χ2v) is 13.3. The van der Waals surface area contributed by atoms with Crippen LogP contribution in [0, 0.1) is 0 Å². The zero-order chi connectivity index (χ0) is 33.4. The van der Waals surface area contributed by atoms with Crippen molar-refractivity contribution in [1.82, 2.24) is 4.90 Å². The number of thioether (sulfide) groups is 1. The molecule has 1 aliphatic heterocycles. The van der Waals surface area contributed by atoms with E-state index in [9.17, 15) is 32.2 Å². The fourth-order valence-electron chi connectivity index (χ4n) is 5.80. The van der Waals surface area contributed by atoms with Gasteiger partial charge in [-0.05, 0) is 98.8 Å². The molecule has 3 aromatic carbocycles. The van der Waals surface area contributed by atoms with Crippen LogP contribution in [0.2, 0.25) is 0 Å². The number of hydrogen-bond donors (Lipinski definition) is 2. The first-order chi connectivity index (χ1) is 21.8. The Morgan fingerprint density at radius 2 is 1.52 bits per heavy atom. The molecule has 0 aliphatic carbocycles. The molecule has 46 heavy (non-hydrogen) atoms. The number of phenolic OH excluding ortho intramolecular Hbond substituents is 2. The molecular formula is C35H42F5NO4S. The van der Waals surface area contributed by atoms with Crippen molar-refractivity contribution in [3.05, 3.63) is 83.4 Å². The third-order valence-electron chi connectivity index (χ3n) is 8.44. The average Bonchev–Trinajstić information content (AvgIpc) is 3.00. The van der Waals surface area contributed by atoms with Crippen LogP contribution in [0.3, 0.4) is 0 Å². The van der Waals surface area contributed by atoms with Gasteiger partial charge in [0.15, 0.2) is 0 Å². The Kier molecular flexibility index (Phi) is 12.1. The Bertz CT molecular complexity index is 1390. The van der Waals surface area contributed by atoms with Gasteiger partial charge in [-0.2, -0.15) is 33.7 Å². The smallest absolute Gasteiger partial charge is 0.453 e. The molecule has 0 spiro atoms. The van der Waals surface area contributed by atoms with E-state index < -0.39 is 23.9 Å². The topological polar surface area (TPSA) is 62.2 Å². The van der Waals surface area contributed by atoms with E-state index >= 15 is 0 Å². The third kappa shape index (κ3) is 9.21. The molecule has 0 bridgehead atoms. The van der Waals surface area contributed by atoms with Gasteiger partial charge in [-0.25, -0.2) is 0 Å². The molecule has 3 aromatic rings. The second kappa shape index (κ2) is 15.6. The number of ether oxygens (including phenoxy) is 2. The minimum absolute atomic E-state index is 0.0662. The van der Waals surface area contributed by atoms with E-state index in [4.69, 9.17) is 9.47 Å². The molecule has 4 rings (SSSR count). The lowest BCUT2D eigenvalue weighted by Crippen LogP contribution is -2.40. The Labute approximate surface area is 271 Å². The minimum Gasteiger partial charge on any atom is -0.508 e. The van der Waals surface area contributed by atoms with E-state index in [1.165, 1.54) is 11.8 Å². The van der Waals surface area contributed by atoms with Crippen LogP contribution in [0.15, 0.2) is 66.7 Å². The van der Waals surface area contributed by atoms with Gasteiger partial charge < -0.3 is 24.6 Å². The number of unbranched alkanes of at least 4 members (excludes halogenated alkanes) is 1. The first kappa shape index (κ1) is 35.7. The molecule has 11 heteroatoms. The average molecular weight is 668 g/mol. The first-order valence-electron chi connectivity index (χ1n) is 15.5. The van der Waals surface area contributed by atoms with Gasteiger partial charge in [0, 0.05) is 29.4 Å². The number of rotatable bonds is 16. The number of alkyl halides is 5. The minimum atomic E-state index is -5.47. The number of fused-ring (bicyclic) bond motifs is 1. The summed E-state index contributed by atoms with van der Waals surface area (Å²) in [7, 11) is 2.01. The van der Waals surface area contributed by atoms with Gasteiger partial charge in [0.1, 0.15) is 23.0 Å². The van der Waals surface area contributed by atoms with Crippen LogP contribution in [0.25, 0.3) is 0 Å². The van der Waals surface area contributed by atoms with E-state index in [1.54, 1.807) is 24.3 Å². The van der Waals surface area contributed by atoms with Crippen molar-refractivity contribution < 1.29 is 41.6 Å². The molecule has 2 atom stereocenters. The van der Waals surface area contributed by atoms with Crippen LogP contribution in [-0.2, 0) is 5.41 Å². The van der Waals surface area contributed by atoms with Crippen molar-refractivity contribution in [3.8, 4) is 23.0 Å². The molecule has 0 fully saturated rings. The summed E-state index contributed by atoms with van der Waals surface area (Å²) in [6, 6.07) is 20.5. The van der Waals surface area contributed by atoms with Crippen molar-refractivity contribution in [1.29, 1.82) is 0 Å². The van der Waals surface area contributed by atoms with Gasteiger partial charge in [-0.3, -0.25) is 0 Å². The first-order valence-corrected chi connectivity index (χ1v) is 16.6. The summed E-state index contributed by atoms with van der Waals surface area (Å²) in [5, 5.41) is 19.9. The molecule has 2 unspecified atom stereocenters. The summed E-state index contributed by atoms with van der Waals surface area (Å²) in [5.41, 5.74) is 2.66. The van der Waals surface area contributed by atoms with Gasteiger partial charge >= 0.3 is 12.1 Å². The predicted molar refractivity (Wildman–Crippen MR) is 172 cm³/mol. The van der Waals surface area contributed by atoms with Crippen molar-refractivity contribution in [2.24, 2.45) is 0 Å². The summed E-state index contributed by atoms with van der Waals surface area (Å²) < 4.78 is 74.7. The van der Waals surface area contributed by atoms with E-state index in [-0.39, 0.29) is 23.8 Å². The highest BCUT2D eigenvalue weighted by Crippen LogP contribution is 2.51. The van der Waals surface area contributed by atoms with Gasteiger partial charge in [-0.15, -0.1) is 0 Å². The van der Waals surface area contributed by atoms with Crippen LogP contribution >= 0.6 is 11.8 Å². The Balaban J connectivity index is 1.21. The van der Waals surface area contributed by atoms with Crippen molar-refractivity contribution in [3.63, 3.8) is 0 Å². The molecule has 0 amide bonds. The zero-order valence-corrected chi connectivity index (χ0v) is 27.0. The Morgan fingerprint density at radius 3 is 2.22 bits per heavy atom. The van der Waals surface area contributed by atoms with E-state index in [1.807, 2.05) is 37.4 Å². The van der Waals surface area contributed by atoms with Gasteiger partial charge in [0.2, 0.25) is 0 Å². The number of phenols is 2. The van der Waals surface area contributed by atoms with E-state index in [2.05, 4.69) is 24.0 Å². The summed E-state index contributed by atoms with van der Waals surface area (Å²) in [4.78, 5) is 2.18. The number of halogens is 5. The standard InChI is InChI=1S/C35H42F5NO4S/c1-33(26-9-11-27(42)12-10-26)24-45-31-23-28(43)13-16-30(31)32(33)25-7-14-29(15-8-25)44-20-4-3-18-41(2)19-6-22-46-21-5-17-34(36,37)35(38,39)40/h7-16,23,32,42-43H,3-6,17-22,24H2,1-2H3. The highest BCUT2D eigenvalue weighted by Gasteiger charge is 2.56. The maximum atomic E-state index is 12.9. The maximum Gasteiger partial charge on any atom is 0.453 e. The molecule has 0 saturated carbocycles. The molecule has 1 heterocycles. The zero-order valence-electron chi connectivity index (χ0n) is 26.2. The summed E-state index contributed by atoms with van der Waals surface area (Å²) in [6.07, 6.45) is -4.16. The van der Waals surface area contributed by atoms with Gasteiger partial charge in [0.05, 0.1) is 13.2 Å². The summed E-state index contributed by atoms with van der Waals surface area (Å²) in [5.74, 6) is -1.90. The lowest BCUT2D eigenvalue weighted by molar-refractivity contribution is -0.284. The molecule has 2 N–H and O–H groups in total. The van der Waals surface area contributed by atoms with Crippen LogP contribution in [0.5, 0.6) is 23.0 Å². The summed E-state index contributed by atoms with van der Waals surface area (Å²) >= 11 is 1.41. The van der Waals surface area contributed by atoms with Gasteiger partial charge in [0.25, 0.3) is 0 Å². The number of benzene rings is 3. The van der Waals surface area contributed by atoms with Crippen LogP contribution in [0.1, 0.15) is 61.6 Å². The predicted octanol–water partition coefficient (Wildman–Crippen LogP) is 8.77. The molecule has 1 aliphatic rings. The highest BCUT2D eigenvalue weighted by molar-refractivity contribution is 7.99. The van der Waals surface area contributed by atoms with Gasteiger partial charge in [-0.1, -0.05) is 37.3 Å². The maximum absolute atomic E-state index is 12.9. The van der Waals surface area contributed by atoms with Crippen molar-refractivity contribution in [2.45, 2.75) is 62.5 Å². The molecule has 0 radical (unpaired) electrons. The molecule has 0 saturated heterocycles. The van der Waals surface area contributed by atoms with Crippen LogP contribution in [-0.4, -0.2) is 72.1 Å². The third-order valence-corrected chi connectivity index (χ3v) is 9.59. The fourth-order valence-corrected chi connectivity index (χ4v) is 6.68. The normalized spacial score (nSPS) is 18.3. The van der Waals surface area contributed by atoms with E-state index in [0.29, 0.717) is 24.7 Å². The van der Waals surface area contributed by atoms with E-state index in [0.717, 1.165) is 60.5 Å². The Hall–Kier alpha value is -3.18. The molecule has 5 nitrogen and oxygen atoms in total. The lowest BCUT2D eigenvalue weighted by atomic mass is 9.65. The lowest BCUT2D eigenvalue weighted by Gasteiger charge is -2.43. The van der Waals surface area contributed by atoms with Crippen molar-refractivity contribution >= 4 is 11.8 Å². The second-order valence-electron chi connectivity index (χ2n) is 12.1. The highest BCUT2D eigenvalue weighted by atomic mass is 32.2. The van der Waals surface area contributed by atoms with Crippen LogP contribution in [0.4, 0.5) is 22.0 Å². The molecular weight excluding hydrogens is 625 g/mol.